The summed E-state index contributed by atoms with van der Waals surface area (Å²) in [7, 11) is -18.5. The zero-order chi connectivity index (χ0) is 96.0. The van der Waals surface area contributed by atoms with Gasteiger partial charge in [0.2, 0.25) is 16.3 Å². The second-order valence-electron chi connectivity index (χ2n) is 34.0. The van der Waals surface area contributed by atoms with Crippen molar-refractivity contribution in [3.05, 3.63) is 179 Å². The maximum Gasteiger partial charge on any atom is 0.410 e. The van der Waals surface area contributed by atoms with Crippen LogP contribution < -0.4 is 46.9 Å². The van der Waals surface area contributed by atoms with Gasteiger partial charge in [-0.1, -0.05) is 24.3 Å². The molecule has 5 aromatic carbocycles. The van der Waals surface area contributed by atoms with E-state index >= 15 is 13.2 Å². The summed E-state index contributed by atoms with van der Waals surface area (Å²) >= 11 is 0. The summed E-state index contributed by atoms with van der Waals surface area (Å²) in [5.74, 6) is -6.81. The van der Waals surface area contributed by atoms with Gasteiger partial charge in [-0.2, -0.15) is 0 Å². The van der Waals surface area contributed by atoms with Gasteiger partial charge in [-0.25, -0.2) is 37.1 Å². The lowest BCUT2D eigenvalue weighted by molar-refractivity contribution is -0.119. The van der Waals surface area contributed by atoms with Crippen molar-refractivity contribution in [1.29, 1.82) is 0 Å². The number of benzene rings is 5. The van der Waals surface area contributed by atoms with E-state index in [-0.39, 0.29) is 111 Å². The summed E-state index contributed by atoms with van der Waals surface area (Å²) in [6.45, 7) is 21.5. The fourth-order valence-electron chi connectivity index (χ4n) is 15.4. The summed E-state index contributed by atoms with van der Waals surface area (Å²) in [4.78, 5) is 185. The molecule has 3 aliphatic carbocycles. The molecule has 0 atom stereocenters. The smallest absolute Gasteiger partial charge is 0.410 e. The standard InChI is InChI=1S/C39H53FN4O12P2.C26H29FN4O10P2.C22H26FN3O5/c1-8-52-57(49,53-9-2)37(58(50,54-10-3)55-11-4)26-12-14-27(15-13-26)41-34(45)25-51-36(47)30-24-44(28-16-17-28)32-23-33(31(40)22-29(32)35(30)46)42-18-20-43(21-19-42)38(48)56-39(5,6)7;27-20-11-18-21(12-22(20)30-9-7-28-8-10-30)31(17-5-6-17)13-19(24(18)33)25(34)41-14-23(32)29-16-3-1-15(2-4-16)26(42(35,36)37)43(38,39)40;1-22(2,3)31-21(30)25-8-6-24(7-9-25)18-11-17-14(10-16(18)23)19(27)15(20(28)29)12-26(17)13-4-5-13/h12-15,22-24,28,49H,8-11,16-21,25H2,1-7H3,(H,41,45);1-4,11-13,17,26,28H,5-10,14H2,(H,29,32)(H2,35,36,37)(H2,38,39,40);10-13H,4-9H2,1-3H3,(H,28,29). The molecule has 3 aromatic heterocycles. The zero-order valence-corrected chi connectivity index (χ0v) is 77.9. The molecule has 6 heterocycles. The van der Waals surface area contributed by atoms with Crippen LogP contribution in [0, 0.1) is 17.5 Å². The monoisotopic (exact) mass is 1920 g/mol. The minimum atomic E-state index is -5.21. The maximum atomic E-state index is 15.7. The van der Waals surface area contributed by atoms with Gasteiger partial charge in [-0.05, 0) is 180 Å². The Kier molecular flexibility index (Phi) is 31.6. The number of aromatic nitrogens is 3. The summed E-state index contributed by atoms with van der Waals surface area (Å²) in [5.41, 5.74) is -1.70. The molecule has 0 spiro atoms. The van der Waals surface area contributed by atoms with Gasteiger partial charge in [-0.3, -0.25) is 37.7 Å². The van der Waals surface area contributed by atoms with Crippen molar-refractivity contribution in [2.45, 2.75) is 142 Å². The van der Waals surface area contributed by atoms with E-state index in [0.29, 0.717) is 106 Å². The Morgan fingerprint density at radius 3 is 1.11 bits per heavy atom. The van der Waals surface area contributed by atoms with E-state index in [1.165, 1.54) is 42.9 Å². The Morgan fingerprint density at radius 2 is 0.788 bits per heavy atom. The number of amides is 4. The number of carboxylic acid groups (broad SMARTS) is 1. The lowest BCUT2D eigenvalue weighted by Gasteiger charge is -2.37. The van der Waals surface area contributed by atoms with E-state index in [0.717, 1.165) is 81.0 Å². The van der Waals surface area contributed by atoms with Gasteiger partial charge >= 0.3 is 52.9 Å². The molecule has 3 saturated heterocycles. The van der Waals surface area contributed by atoms with Gasteiger partial charge < -0.3 is 121 Å². The normalized spacial score (nSPS) is 15.9. The number of pyridine rings is 3. The lowest BCUT2D eigenvalue weighted by atomic mass is 10.1. The van der Waals surface area contributed by atoms with Crippen LogP contribution in [0.3, 0.4) is 0 Å². The number of nitrogens with zero attached hydrogens (tertiary/aromatic N) is 8. The van der Waals surface area contributed by atoms with Gasteiger partial charge in [0.05, 0.1) is 60.0 Å². The molecular weight excluding hydrogens is 1810 g/mol. The number of carboxylic acids is 1. The van der Waals surface area contributed by atoms with Gasteiger partial charge in [0.25, 0.3) is 19.4 Å². The minimum absolute atomic E-state index is 0.00283. The first-order valence-electron chi connectivity index (χ1n) is 43.0. The molecule has 714 valence electrons. The number of piperazine rings is 3. The third-order valence-electron chi connectivity index (χ3n) is 21.8. The summed E-state index contributed by atoms with van der Waals surface area (Å²) in [5, 5.41) is 15.1. The first-order chi connectivity index (χ1) is 62.2. The third kappa shape index (κ3) is 24.3. The number of esters is 2. The molecule has 3 aliphatic heterocycles. The van der Waals surface area contributed by atoms with Gasteiger partial charge in [0.1, 0.15) is 50.4 Å². The Labute approximate surface area is 756 Å². The number of nitrogens with one attached hydrogen (secondary N) is 3. The molecule has 6 fully saturated rings. The minimum Gasteiger partial charge on any atom is -0.477 e. The van der Waals surface area contributed by atoms with Crippen LogP contribution in [0.5, 0.6) is 0 Å². The van der Waals surface area contributed by atoms with Crippen LogP contribution in [0.25, 0.3) is 32.7 Å². The molecule has 45 heteroatoms. The first-order valence-corrected chi connectivity index (χ1v) is 49.5. The van der Waals surface area contributed by atoms with Crippen molar-refractivity contribution in [2.24, 2.45) is 0 Å². The Bertz CT molecular complexity index is 6100. The molecule has 3 saturated carbocycles. The molecule has 8 aromatic rings. The lowest BCUT2D eigenvalue weighted by Crippen LogP contribution is -2.50. The quantitative estimate of drug-likeness (QED) is 0.0125. The van der Waals surface area contributed by atoms with E-state index in [9.17, 15) is 91.2 Å². The summed E-state index contributed by atoms with van der Waals surface area (Å²) < 4.78 is 132. The SMILES string of the molecule is CC(C)(C)OC(=O)N1CCN(c2cc3c(cc2F)c(=O)c(C(=O)O)cn3C2CC2)CC1.CCOP(=O)(OCC)C(c1ccc(NC(=O)COC(=O)c2cn(C3CC3)c3cc(N4CCN(C(=O)OC(C)(C)C)CC4)c(F)cc3c2=O)cc1)=P(O)(OCC)OCC.O=C(COC(=O)c1cn(C2CC2)c2cc(N3CCNCC3)c(F)cc2c1=O)Nc1ccc(C(P(=O)(O)O)P(=O)(O)O)cc1. The highest BCUT2D eigenvalue weighted by Crippen LogP contribution is 2.70. The number of aromatic carboxylic acids is 1. The fourth-order valence-corrected chi connectivity index (χ4v) is 22.9. The molecule has 4 amide bonds. The number of rotatable bonds is 28. The molecule has 9 N–H and O–H groups in total. The van der Waals surface area contributed by atoms with E-state index in [4.69, 9.17) is 37.0 Å². The Balaban J connectivity index is 0.000000187. The number of hydrogen-bond donors (Lipinski definition) is 9. The van der Waals surface area contributed by atoms with E-state index in [1.54, 1.807) is 111 Å². The van der Waals surface area contributed by atoms with Gasteiger partial charge in [0, 0.05) is 143 Å². The molecule has 132 heavy (non-hydrogen) atoms. The van der Waals surface area contributed by atoms with Gasteiger partial charge in [0.15, 0.2) is 18.6 Å². The number of carbonyl (C=O) groups is 7. The van der Waals surface area contributed by atoms with Crippen LogP contribution in [-0.4, -0.2) is 229 Å². The second kappa shape index (κ2) is 41.5. The molecule has 0 radical (unpaired) electrons. The fraction of sp³-hybridized carbons (Fsp3) is 0.460. The van der Waals surface area contributed by atoms with Gasteiger partial charge in [-0.15, -0.1) is 0 Å². The summed E-state index contributed by atoms with van der Waals surface area (Å²) in [6.07, 6.45) is 8.30. The number of hydrogen-bond acceptors (Lipinski definition) is 26. The van der Waals surface area contributed by atoms with E-state index in [2.05, 4.69) is 16.0 Å². The number of anilines is 5. The number of halogens is 3. The number of carbonyl (C=O) groups excluding carboxylic acids is 6. The van der Waals surface area contributed by atoms with Crippen molar-refractivity contribution >= 4 is 138 Å². The molecule has 0 unspecified atom stereocenters. The topological polar surface area (TPSA) is 484 Å². The highest BCUT2D eigenvalue weighted by Gasteiger charge is 2.46. The van der Waals surface area contributed by atoms with Crippen LogP contribution in [0.1, 0.15) is 173 Å². The van der Waals surface area contributed by atoms with Crippen molar-refractivity contribution in [2.75, 3.05) is 144 Å². The molecule has 0 bridgehead atoms. The van der Waals surface area contributed by atoms with Crippen molar-refractivity contribution in [3.8, 4) is 0 Å². The molecule has 14 rings (SSSR count). The van der Waals surface area contributed by atoms with Crippen LogP contribution in [-0.2, 0) is 60.3 Å². The van der Waals surface area contributed by atoms with Crippen LogP contribution >= 0.6 is 30.4 Å². The predicted octanol–water partition coefficient (Wildman–Crippen LogP) is 12.2. The Hall–Kier alpha value is -10.6. The highest BCUT2D eigenvalue weighted by molar-refractivity contribution is 7.89. The Morgan fingerprint density at radius 1 is 0.462 bits per heavy atom. The van der Waals surface area contributed by atoms with Crippen molar-refractivity contribution < 1.29 is 127 Å². The number of fused-ring (bicyclic) bond motifs is 3. The van der Waals surface area contributed by atoms with Crippen LogP contribution in [0.2, 0.25) is 0 Å². The third-order valence-corrected chi connectivity index (χ3v) is 30.9. The average molecular weight is 1920 g/mol. The highest BCUT2D eigenvalue weighted by atomic mass is 31.2. The van der Waals surface area contributed by atoms with Crippen molar-refractivity contribution in [1.82, 2.24) is 28.8 Å². The second-order valence-corrected chi connectivity index (χ2v) is 42.1. The first kappa shape index (κ1) is 100. The van der Waals surface area contributed by atoms with E-state index < -0.39 is 136 Å². The summed E-state index contributed by atoms with van der Waals surface area (Å²) in [6, 6.07) is 18.7. The average Bonchev–Trinajstić information content (AvgIpc) is 1.46. The van der Waals surface area contributed by atoms with E-state index in [1.807, 2.05) is 14.7 Å². The van der Waals surface area contributed by atoms with Crippen LogP contribution in [0.4, 0.5) is 51.2 Å². The maximum absolute atomic E-state index is 15.7. The molecule has 6 aliphatic rings. The largest absolute Gasteiger partial charge is 0.477 e. The zero-order valence-electron chi connectivity index (χ0n) is 74.4. The van der Waals surface area contributed by atoms with Crippen LogP contribution in [0.15, 0.2) is 118 Å². The predicted molar refractivity (Wildman–Crippen MR) is 486 cm³/mol. The van der Waals surface area contributed by atoms with Crippen molar-refractivity contribution in [3.63, 3.8) is 0 Å². The molecule has 38 nitrogen and oxygen atoms in total. The number of ether oxygens (including phenoxy) is 4. The molecular formula is C87H108F3N11O27P4.